The number of anilines is 4. The highest BCUT2D eigenvalue weighted by Gasteiger charge is 2.55. The Kier molecular flexibility index (Phi) is 12.1. The second-order valence-corrected chi connectivity index (χ2v) is 14.3. The molecule has 0 saturated carbocycles. The molecule has 4 aliphatic heterocycles. The van der Waals surface area contributed by atoms with Crippen LogP contribution in [-0.4, -0.2) is 71.2 Å². The summed E-state index contributed by atoms with van der Waals surface area (Å²) in [6.07, 6.45) is 8.80. The summed E-state index contributed by atoms with van der Waals surface area (Å²) >= 11 is 0. The minimum atomic E-state index is -0.292. The number of ether oxygens (including phenoxy) is 3. The maximum absolute atomic E-state index is 12.9. The van der Waals surface area contributed by atoms with Gasteiger partial charge in [-0.2, -0.15) is 4.98 Å². The minimum absolute atomic E-state index is 0. The van der Waals surface area contributed by atoms with Crippen molar-refractivity contribution in [3.63, 3.8) is 0 Å². The van der Waals surface area contributed by atoms with E-state index in [2.05, 4.69) is 67.3 Å². The van der Waals surface area contributed by atoms with Gasteiger partial charge in [0.15, 0.2) is 0 Å². The Morgan fingerprint density at radius 2 is 1.69 bits per heavy atom. The molecule has 7 rings (SSSR count). The van der Waals surface area contributed by atoms with Gasteiger partial charge in [0.1, 0.15) is 11.6 Å². The molecule has 0 spiro atoms. The van der Waals surface area contributed by atoms with Crippen molar-refractivity contribution in [1.82, 2.24) is 24.8 Å². The number of hydrogen-bond donors (Lipinski definition) is 2. The predicted molar refractivity (Wildman–Crippen MR) is 200 cm³/mol. The van der Waals surface area contributed by atoms with Crippen LogP contribution in [0.3, 0.4) is 0 Å². The molecule has 3 aromatic rings. The van der Waals surface area contributed by atoms with Gasteiger partial charge < -0.3 is 34.3 Å². The van der Waals surface area contributed by atoms with Gasteiger partial charge in [-0.3, -0.25) is 4.79 Å². The largest absolute Gasteiger partial charge is 0.381 e. The first kappa shape index (κ1) is 36.9. The molecule has 0 unspecified atom stereocenters. The maximum atomic E-state index is 12.9. The molecule has 272 valence electrons. The summed E-state index contributed by atoms with van der Waals surface area (Å²) in [5.41, 5.74) is 2.07. The lowest BCUT2D eigenvalue weighted by Gasteiger charge is -2.46. The number of aromatic nitrogens is 4. The Balaban J connectivity index is 0.000000566. The zero-order valence-electron chi connectivity index (χ0n) is 30.8. The Bertz CT molecular complexity index is 1600. The molecule has 0 aliphatic carbocycles. The number of pyridine rings is 2. The van der Waals surface area contributed by atoms with Crippen LogP contribution in [-0.2, 0) is 19.6 Å². The lowest BCUT2D eigenvalue weighted by atomic mass is 9.73. The summed E-state index contributed by atoms with van der Waals surface area (Å²) in [5, 5.41) is 6.57. The number of rotatable bonds is 6. The predicted octanol–water partition coefficient (Wildman–Crippen LogP) is 7.34. The Morgan fingerprint density at radius 3 is 2.33 bits per heavy atom. The highest BCUT2D eigenvalue weighted by Crippen LogP contribution is 2.53. The minimum Gasteiger partial charge on any atom is -0.381 e. The van der Waals surface area contributed by atoms with E-state index in [0.29, 0.717) is 31.5 Å². The van der Waals surface area contributed by atoms with E-state index in [-0.39, 0.29) is 37.6 Å². The summed E-state index contributed by atoms with van der Waals surface area (Å²) in [6.45, 7) is 18.8. The van der Waals surface area contributed by atoms with E-state index < -0.39 is 0 Å². The molecule has 0 amide bonds. The summed E-state index contributed by atoms with van der Waals surface area (Å²) in [7, 11) is 1.94. The molecule has 3 aromatic heterocycles. The van der Waals surface area contributed by atoms with Crippen molar-refractivity contribution in [3.05, 3.63) is 64.3 Å². The molecule has 11 nitrogen and oxygen atoms in total. The van der Waals surface area contributed by atoms with Crippen molar-refractivity contribution in [2.75, 3.05) is 50.3 Å². The van der Waals surface area contributed by atoms with Crippen LogP contribution in [0.1, 0.15) is 107 Å². The monoisotopic (exact) mass is 679 g/mol. The molecule has 0 radical (unpaired) electrons. The van der Waals surface area contributed by atoms with E-state index in [1.165, 1.54) is 12.8 Å². The summed E-state index contributed by atoms with van der Waals surface area (Å²) in [5.74, 6) is 3.03. The first-order valence-corrected chi connectivity index (χ1v) is 18.2. The van der Waals surface area contributed by atoms with Crippen molar-refractivity contribution in [1.29, 1.82) is 0 Å². The van der Waals surface area contributed by atoms with Crippen molar-refractivity contribution >= 4 is 23.3 Å². The van der Waals surface area contributed by atoms with Crippen LogP contribution in [0.4, 0.5) is 23.3 Å². The second kappa shape index (κ2) is 16.1. The summed E-state index contributed by atoms with van der Waals surface area (Å²) < 4.78 is 18.7. The first-order chi connectivity index (χ1) is 23.6. The topological polar surface area (TPSA) is 116 Å². The average Bonchev–Trinajstić information content (AvgIpc) is 3.36. The van der Waals surface area contributed by atoms with E-state index in [1.807, 2.05) is 45.4 Å². The molecular formula is C38H61N7O4. The molecule has 2 N–H and O–H groups in total. The normalized spacial score (nSPS) is 24.0. The van der Waals surface area contributed by atoms with Crippen molar-refractivity contribution in [2.24, 2.45) is 5.92 Å². The molecular weight excluding hydrogens is 618 g/mol. The molecule has 7 heterocycles. The lowest BCUT2D eigenvalue weighted by Crippen LogP contribution is -2.54. The fourth-order valence-electron chi connectivity index (χ4n) is 7.00. The first-order valence-electron chi connectivity index (χ1n) is 18.2. The van der Waals surface area contributed by atoms with E-state index >= 15 is 0 Å². The van der Waals surface area contributed by atoms with E-state index in [0.717, 1.165) is 61.3 Å². The van der Waals surface area contributed by atoms with Crippen molar-refractivity contribution < 1.29 is 17.1 Å². The molecule has 0 aromatic carbocycles. The van der Waals surface area contributed by atoms with Gasteiger partial charge in [-0.05, 0) is 84.0 Å². The third-order valence-corrected chi connectivity index (χ3v) is 10.3. The number of hydrogen-bond acceptors (Lipinski definition) is 10. The van der Waals surface area contributed by atoms with Gasteiger partial charge in [0.2, 0.25) is 5.95 Å². The summed E-state index contributed by atoms with van der Waals surface area (Å²) in [4.78, 5) is 30.0. The quantitative estimate of drug-likeness (QED) is 0.274. The second-order valence-electron chi connectivity index (χ2n) is 14.3. The van der Waals surface area contributed by atoms with Crippen LogP contribution in [0.15, 0.2) is 47.5 Å². The Morgan fingerprint density at radius 1 is 1.00 bits per heavy atom. The highest BCUT2D eigenvalue weighted by atomic mass is 16.5. The highest BCUT2D eigenvalue weighted by molar-refractivity contribution is 5.71. The average molecular weight is 680 g/mol. The summed E-state index contributed by atoms with van der Waals surface area (Å²) in [6, 6.07) is 10.1. The third-order valence-electron chi connectivity index (χ3n) is 10.3. The van der Waals surface area contributed by atoms with Gasteiger partial charge in [0.25, 0.3) is 5.56 Å². The maximum Gasteiger partial charge on any atom is 0.252 e. The SMILES string of the molecule is CC.CC1CCOCC1.CN[C@H](C)c1cccc(N2c3nc(Nc4ccn(C5CCOCC5)c(=O)c4)ncc3[C@@]3(C)COC(C)(C)C[C@@H]23)n1.[HH].[HH]. The van der Waals surface area contributed by atoms with E-state index in [9.17, 15) is 4.79 Å². The number of nitrogens with zero attached hydrogens (tertiary/aromatic N) is 5. The lowest BCUT2D eigenvalue weighted by molar-refractivity contribution is -0.0893. The Hall–Kier alpha value is -3.38. The van der Waals surface area contributed by atoms with Crippen molar-refractivity contribution in [2.45, 2.75) is 110 Å². The van der Waals surface area contributed by atoms with Crippen molar-refractivity contribution in [3.8, 4) is 0 Å². The van der Waals surface area contributed by atoms with Gasteiger partial charge in [-0.25, -0.2) is 9.97 Å². The van der Waals surface area contributed by atoms with Gasteiger partial charge in [-0.15, -0.1) is 0 Å². The third kappa shape index (κ3) is 8.33. The molecule has 3 atom stereocenters. The zero-order valence-corrected chi connectivity index (χ0v) is 30.8. The van der Waals surface area contributed by atoms with Crippen LogP contribution in [0.5, 0.6) is 0 Å². The zero-order chi connectivity index (χ0) is 35.2. The van der Waals surface area contributed by atoms with Gasteiger partial charge in [0.05, 0.1) is 23.9 Å². The van der Waals surface area contributed by atoms with Gasteiger partial charge >= 0.3 is 0 Å². The number of nitrogens with one attached hydrogen (secondary N) is 2. The van der Waals surface area contributed by atoms with Crippen LogP contribution in [0.25, 0.3) is 0 Å². The molecule has 3 fully saturated rings. The number of fused-ring (bicyclic) bond motifs is 3. The Labute approximate surface area is 295 Å². The van der Waals surface area contributed by atoms with E-state index in [4.69, 9.17) is 24.2 Å². The molecule has 3 saturated heterocycles. The van der Waals surface area contributed by atoms with Crippen LogP contribution >= 0.6 is 0 Å². The van der Waals surface area contributed by atoms with Gasteiger partial charge in [-0.1, -0.05) is 33.8 Å². The molecule has 4 aliphatic rings. The fraction of sp³-hybridized carbons (Fsp3) is 0.632. The van der Waals surface area contributed by atoms with E-state index in [1.54, 1.807) is 10.6 Å². The fourth-order valence-corrected chi connectivity index (χ4v) is 7.00. The standard InChI is InChI=1S/C30H39N7O3.C6H12O.C2H6.2H2/c1-19(31-5)23-7-6-8-25(34-23)37-24-16-29(2,3)40-18-30(24,4)22-17-32-28(35-27(22)37)33-20-9-12-36(26(38)15-20)21-10-13-39-14-11-21;1-6-2-4-7-5-3-6;1-2;;/h6-9,12,15,17,19,21,24,31H,10-11,13-14,16,18H2,1-5H3,(H,32,33,35);6H,2-5H2,1H3;1-2H3;2*1H/t19-,24-,30-;;;;/m1..../s1. The molecule has 49 heavy (non-hydrogen) atoms. The molecule has 11 heteroatoms. The van der Waals surface area contributed by atoms with Gasteiger partial charge in [0, 0.05) is 76.5 Å². The van der Waals surface area contributed by atoms with Crippen LogP contribution < -0.4 is 21.1 Å². The molecule has 0 bridgehead atoms. The smallest absolute Gasteiger partial charge is 0.252 e. The van der Waals surface area contributed by atoms with Crippen LogP contribution in [0, 0.1) is 5.92 Å². The van der Waals surface area contributed by atoms with Crippen LogP contribution in [0.2, 0.25) is 0 Å².